The summed E-state index contributed by atoms with van der Waals surface area (Å²) in [5.41, 5.74) is 1.20. The Bertz CT molecular complexity index is 1070. The third-order valence-electron chi connectivity index (χ3n) is 4.69. The van der Waals surface area contributed by atoms with Crippen LogP contribution < -0.4 is 5.32 Å². The van der Waals surface area contributed by atoms with Crippen molar-refractivity contribution in [1.29, 1.82) is 0 Å². The molecule has 1 aromatic heterocycles. The third-order valence-corrected chi connectivity index (χ3v) is 7.00. The van der Waals surface area contributed by atoms with E-state index in [4.69, 9.17) is 23.2 Å². The lowest BCUT2D eigenvalue weighted by Crippen LogP contribution is -2.19. The normalized spacial score (nSPS) is 19.0. The molecule has 1 fully saturated rings. The van der Waals surface area contributed by atoms with Gasteiger partial charge in [-0.1, -0.05) is 50.0 Å². The topological polar surface area (TPSA) is 81.1 Å². The molecule has 0 bridgehead atoms. The number of rotatable bonds is 4. The Balaban J connectivity index is 1.84. The number of anilines is 1. The van der Waals surface area contributed by atoms with E-state index < -0.39 is 9.84 Å². The molecule has 0 saturated carbocycles. The summed E-state index contributed by atoms with van der Waals surface area (Å²) in [6, 6.07) is 6.52. The van der Waals surface area contributed by atoms with Crippen LogP contribution in [0, 0.1) is 0 Å². The average molecular weight is 456 g/mol. The summed E-state index contributed by atoms with van der Waals surface area (Å²) in [4.78, 5) is 12.5. The fraction of sp³-hybridized carbons (Fsp3) is 0.400. The summed E-state index contributed by atoms with van der Waals surface area (Å²) in [5.74, 6) is 0.273. The lowest BCUT2D eigenvalue weighted by Gasteiger charge is -2.15. The summed E-state index contributed by atoms with van der Waals surface area (Å²) >= 11 is 12.0. The van der Waals surface area contributed by atoms with Gasteiger partial charge in [-0.3, -0.25) is 4.79 Å². The van der Waals surface area contributed by atoms with Crippen LogP contribution in [0.1, 0.15) is 44.5 Å². The van der Waals surface area contributed by atoms with E-state index in [1.165, 1.54) is 6.08 Å². The first kappa shape index (κ1) is 21.9. The number of carbonyl (C=O) groups is 1. The highest BCUT2D eigenvalue weighted by molar-refractivity contribution is 7.91. The van der Waals surface area contributed by atoms with E-state index in [0.717, 1.165) is 5.69 Å². The van der Waals surface area contributed by atoms with Crippen LogP contribution in [0.5, 0.6) is 0 Å². The summed E-state index contributed by atoms with van der Waals surface area (Å²) in [6.45, 7) is 6.04. The number of aromatic nitrogens is 2. The zero-order chi connectivity index (χ0) is 21.4. The molecule has 156 valence electrons. The van der Waals surface area contributed by atoms with E-state index in [0.29, 0.717) is 27.8 Å². The molecule has 0 unspecified atom stereocenters. The standard InChI is InChI=1S/C20H23Cl2N3O3S/c1-20(2,3)17-11-18(25(24-17)15-8-9-29(27,28)12-15)23-19(26)7-5-13-4-6-14(21)10-16(13)22/h4-7,10-11,15H,8-9,12H2,1-3H3,(H,23,26)/b7-5+/t15-/m0/s1. The SMILES string of the molecule is CC(C)(C)c1cc(NC(=O)/C=C/c2ccc(Cl)cc2Cl)n([C@H]2CCS(=O)(=O)C2)n1. The van der Waals surface area contributed by atoms with Crippen LogP contribution in [0.15, 0.2) is 30.3 Å². The number of amides is 1. The molecule has 6 nitrogen and oxygen atoms in total. The first-order valence-corrected chi connectivity index (χ1v) is 11.8. The molecular formula is C20H23Cl2N3O3S. The molecule has 2 heterocycles. The Morgan fingerprint density at radius 3 is 2.59 bits per heavy atom. The van der Waals surface area contributed by atoms with Gasteiger partial charge in [-0.05, 0) is 30.2 Å². The van der Waals surface area contributed by atoms with Crippen molar-refractivity contribution in [3.63, 3.8) is 0 Å². The van der Waals surface area contributed by atoms with E-state index in [2.05, 4.69) is 10.4 Å². The fourth-order valence-corrected chi connectivity index (χ4v) is 5.23. The molecule has 1 atom stereocenters. The molecule has 0 aliphatic carbocycles. The second-order valence-electron chi connectivity index (χ2n) is 8.15. The van der Waals surface area contributed by atoms with E-state index in [1.54, 1.807) is 35.0 Å². The van der Waals surface area contributed by atoms with Crippen molar-refractivity contribution in [2.75, 3.05) is 16.8 Å². The molecule has 29 heavy (non-hydrogen) atoms. The van der Waals surface area contributed by atoms with Crippen molar-refractivity contribution in [2.24, 2.45) is 0 Å². The van der Waals surface area contributed by atoms with Gasteiger partial charge in [0, 0.05) is 27.6 Å². The molecule has 9 heteroatoms. The maximum Gasteiger partial charge on any atom is 0.249 e. The molecule has 1 N–H and O–H groups in total. The number of nitrogens with one attached hydrogen (secondary N) is 1. The van der Waals surface area contributed by atoms with Crippen LogP contribution in [-0.4, -0.2) is 35.6 Å². The lowest BCUT2D eigenvalue weighted by atomic mass is 9.92. The summed E-state index contributed by atoms with van der Waals surface area (Å²) in [5, 5.41) is 8.38. The average Bonchev–Trinajstić information content (AvgIpc) is 3.17. The highest BCUT2D eigenvalue weighted by Gasteiger charge is 2.32. The fourth-order valence-electron chi connectivity index (χ4n) is 3.07. The molecule has 1 aromatic carbocycles. The highest BCUT2D eigenvalue weighted by atomic mass is 35.5. The predicted molar refractivity (Wildman–Crippen MR) is 117 cm³/mol. The van der Waals surface area contributed by atoms with Crippen molar-refractivity contribution >= 4 is 50.8 Å². The Morgan fingerprint density at radius 1 is 1.28 bits per heavy atom. The quantitative estimate of drug-likeness (QED) is 0.687. The first-order chi connectivity index (χ1) is 13.4. The van der Waals surface area contributed by atoms with Crippen LogP contribution in [0.3, 0.4) is 0 Å². The molecule has 1 amide bonds. The van der Waals surface area contributed by atoms with Crippen LogP contribution >= 0.6 is 23.2 Å². The van der Waals surface area contributed by atoms with Gasteiger partial charge in [0.05, 0.1) is 23.2 Å². The van der Waals surface area contributed by atoms with Crippen LogP contribution in [0.4, 0.5) is 5.82 Å². The van der Waals surface area contributed by atoms with Gasteiger partial charge in [0.15, 0.2) is 9.84 Å². The lowest BCUT2D eigenvalue weighted by molar-refractivity contribution is -0.111. The number of hydrogen-bond donors (Lipinski definition) is 1. The summed E-state index contributed by atoms with van der Waals surface area (Å²) in [6.07, 6.45) is 3.45. The third kappa shape index (κ3) is 5.41. The van der Waals surface area contributed by atoms with Gasteiger partial charge in [0.1, 0.15) is 5.82 Å². The Morgan fingerprint density at radius 2 is 2.00 bits per heavy atom. The number of benzene rings is 1. The van der Waals surface area contributed by atoms with Gasteiger partial charge in [-0.2, -0.15) is 5.10 Å². The number of hydrogen-bond acceptors (Lipinski definition) is 4. The smallest absolute Gasteiger partial charge is 0.249 e. The van der Waals surface area contributed by atoms with Crippen molar-refractivity contribution in [3.8, 4) is 0 Å². The number of nitrogens with zero attached hydrogens (tertiary/aromatic N) is 2. The van der Waals surface area contributed by atoms with Gasteiger partial charge in [0.25, 0.3) is 0 Å². The van der Waals surface area contributed by atoms with Crippen molar-refractivity contribution in [3.05, 3.63) is 51.6 Å². The molecule has 0 spiro atoms. The van der Waals surface area contributed by atoms with Gasteiger partial charge in [-0.25, -0.2) is 13.1 Å². The first-order valence-electron chi connectivity index (χ1n) is 9.19. The van der Waals surface area contributed by atoms with Gasteiger partial charge in [0.2, 0.25) is 5.91 Å². The zero-order valence-electron chi connectivity index (χ0n) is 16.4. The van der Waals surface area contributed by atoms with Crippen molar-refractivity contribution in [2.45, 2.75) is 38.6 Å². The Kier molecular flexibility index (Phi) is 6.13. The number of halogens is 2. The van der Waals surface area contributed by atoms with Crippen LogP contribution in [0.2, 0.25) is 10.0 Å². The van der Waals surface area contributed by atoms with E-state index in [9.17, 15) is 13.2 Å². The highest BCUT2D eigenvalue weighted by Crippen LogP contribution is 2.31. The second-order valence-corrected chi connectivity index (χ2v) is 11.2. The number of carbonyl (C=O) groups excluding carboxylic acids is 1. The van der Waals surface area contributed by atoms with E-state index >= 15 is 0 Å². The van der Waals surface area contributed by atoms with Gasteiger partial charge >= 0.3 is 0 Å². The molecule has 1 saturated heterocycles. The molecular weight excluding hydrogens is 433 g/mol. The predicted octanol–water partition coefficient (Wildman–Crippen LogP) is 4.50. The Labute approximate surface area is 180 Å². The van der Waals surface area contributed by atoms with E-state index in [1.807, 2.05) is 20.8 Å². The number of sulfone groups is 1. The van der Waals surface area contributed by atoms with Crippen molar-refractivity contribution < 1.29 is 13.2 Å². The maximum atomic E-state index is 12.5. The molecule has 1 aliphatic heterocycles. The summed E-state index contributed by atoms with van der Waals surface area (Å²) in [7, 11) is -3.08. The largest absolute Gasteiger partial charge is 0.307 e. The van der Waals surface area contributed by atoms with Crippen molar-refractivity contribution in [1.82, 2.24) is 9.78 Å². The maximum absolute atomic E-state index is 12.5. The zero-order valence-corrected chi connectivity index (χ0v) is 18.8. The molecule has 2 aromatic rings. The molecule has 0 radical (unpaired) electrons. The van der Waals surface area contributed by atoms with Crippen LogP contribution in [-0.2, 0) is 20.0 Å². The monoisotopic (exact) mass is 455 g/mol. The minimum Gasteiger partial charge on any atom is -0.307 e. The van der Waals surface area contributed by atoms with Gasteiger partial charge < -0.3 is 5.32 Å². The molecule has 3 rings (SSSR count). The van der Waals surface area contributed by atoms with Crippen LogP contribution in [0.25, 0.3) is 6.08 Å². The minimum absolute atomic E-state index is 0.0252. The minimum atomic E-state index is -3.08. The second kappa shape index (κ2) is 8.13. The Hall–Kier alpha value is -1.83. The molecule has 1 aliphatic rings. The van der Waals surface area contributed by atoms with E-state index in [-0.39, 0.29) is 28.9 Å². The van der Waals surface area contributed by atoms with Gasteiger partial charge in [-0.15, -0.1) is 0 Å². The summed E-state index contributed by atoms with van der Waals surface area (Å²) < 4.78 is 25.4.